The number of para-hydroxylation sites is 1. The number of amides is 1. The quantitative estimate of drug-likeness (QED) is 0.805. The first-order valence-corrected chi connectivity index (χ1v) is 5.25. The molecule has 1 unspecified atom stereocenters. The molecule has 0 aliphatic heterocycles. The van der Waals surface area contributed by atoms with Crippen LogP contribution in [0.15, 0.2) is 24.3 Å². The van der Waals surface area contributed by atoms with E-state index < -0.39 is 6.04 Å². The number of carbonyl (C=O) groups is 1. The fourth-order valence-corrected chi connectivity index (χ4v) is 1.45. The summed E-state index contributed by atoms with van der Waals surface area (Å²) in [4.78, 5) is 11.4. The predicted octanol–water partition coefficient (Wildman–Crippen LogP) is 1.22. The maximum Gasteiger partial charge on any atom is 0.237 e. The molecule has 16 heavy (non-hydrogen) atoms. The Hall–Kier alpha value is -1.55. The molecule has 88 valence electrons. The summed E-state index contributed by atoms with van der Waals surface area (Å²) in [5.74, 6) is 0.596. The van der Waals surface area contributed by atoms with Crippen molar-refractivity contribution in [3.05, 3.63) is 29.8 Å². The van der Waals surface area contributed by atoms with Gasteiger partial charge in [0.05, 0.1) is 19.2 Å². The number of rotatable bonds is 4. The molecule has 0 saturated carbocycles. The molecule has 1 aromatic carbocycles. The average molecular weight is 222 g/mol. The third-order valence-corrected chi connectivity index (χ3v) is 2.38. The van der Waals surface area contributed by atoms with Crippen LogP contribution in [0.5, 0.6) is 5.75 Å². The summed E-state index contributed by atoms with van der Waals surface area (Å²) in [6.07, 6.45) is 0. The minimum Gasteiger partial charge on any atom is -0.496 e. The zero-order valence-electron chi connectivity index (χ0n) is 9.86. The summed E-state index contributed by atoms with van der Waals surface area (Å²) in [5, 5.41) is 2.83. The Labute approximate surface area is 95.8 Å². The summed E-state index contributed by atoms with van der Waals surface area (Å²) >= 11 is 0. The topological polar surface area (TPSA) is 64.3 Å². The van der Waals surface area contributed by atoms with Gasteiger partial charge in [-0.05, 0) is 19.9 Å². The van der Waals surface area contributed by atoms with Gasteiger partial charge in [-0.25, -0.2) is 0 Å². The molecule has 4 heteroatoms. The van der Waals surface area contributed by atoms with Crippen molar-refractivity contribution >= 4 is 5.91 Å². The molecule has 0 radical (unpaired) electrons. The van der Waals surface area contributed by atoms with Gasteiger partial charge in [0.25, 0.3) is 0 Å². The zero-order chi connectivity index (χ0) is 12.1. The highest BCUT2D eigenvalue weighted by molar-refractivity contribution is 5.81. The third kappa shape index (κ3) is 2.97. The summed E-state index contributed by atoms with van der Waals surface area (Å²) in [7, 11) is 1.61. The molecule has 0 aromatic heterocycles. The molecule has 0 bridgehead atoms. The maximum absolute atomic E-state index is 11.4. The lowest BCUT2D eigenvalue weighted by atomic mass is 10.1. The Morgan fingerprint density at radius 1 is 1.38 bits per heavy atom. The van der Waals surface area contributed by atoms with Crippen LogP contribution < -0.4 is 15.8 Å². The summed E-state index contributed by atoms with van der Waals surface area (Å²) < 4.78 is 5.23. The molecule has 1 rings (SSSR count). The highest BCUT2D eigenvalue weighted by Gasteiger charge is 2.15. The molecule has 0 spiro atoms. The van der Waals surface area contributed by atoms with Gasteiger partial charge in [0.15, 0.2) is 0 Å². The van der Waals surface area contributed by atoms with Crippen molar-refractivity contribution in [2.45, 2.75) is 25.9 Å². The molecule has 2 atom stereocenters. The van der Waals surface area contributed by atoms with E-state index in [-0.39, 0.29) is 11.9 Å². The second-order valence-electron chi connectivity index (χ2n) is 3.76. The molecule has 0 heterocycles. The van der Waals surface area contributed by atoms with E-state index in [0.717, 1.165) is 11.3 Å². The second-order valence-corrected chi connectivity index (χ2v) is 3.76. The van der Waals surface area contributed by atoms with E-state index in [1.165, 1.54) is 0 Å². The Bertz CT molecular complexity index is 364. The number of nitrogens with one attached hydrogen (secondary N) is 1. The Morgan fingerprint density at radius 2 is 2.00 bits per heavy atom. The van der Waals surface area contributed by atoms with E-state index in [4.69, 9.17) is 10.5 Å². The summed E-state index contributed by atoms with van der Waals surface area (Å²) in [6, 6.07) is 6.97. The SMILES string of the molecule is COc1ccccc1C(C)NC(=O)[C@H](C)N. The van der Waals surface area contributed by atoms with Gasteiger partial charge >= 0.3 is 0 Å². The van der Waals surface area contributed by atoms with E-state index in [2.05, 4.69) is 5.32 Å². The lowest BCUT2D eigenvalue weighted by molar-refractivity contribution is -0.122. The van der Waals surface area contributed by atoms with E-state index in [9.17, 15) is 4.79 Å². The summed E-state index contributed by atoms with van der Waals surface area (Å²) in [6.45, 7) is 3.56. The minimum absolute atomic E-state index is 0.116. The van der Waals surface area contributed by atoms with Gasteiger partial charge in [-0.15, -0.1) is 0 Å². The smallest absolute Gasteiger partial charge is 0.237 e. The Kier molecular flexibility index (Phi) is 4.31. The van der Waals surface area contributed by atoms with Crippen LogP contribution in [-0.2, 0) is 4.79 Å². The lowest BCUT2D eigenvalue weighted by Gasteiger charge is -2.18. The molecule has 4 nitrogen and oxygen atoms in total. The van der Waals surface area contributed by atoms with Gasteiger partial charge in [-0.1, -0.05) is 18.2 Å². The molecule has 0 aliphatic carbocycles. The summed E-state index contributed by atoms with van der Waals surface area (Å²) in [5.41, 5.74) is 6.43. The van der Waals surface area contributed by atoms with Crippen LogP contribution in [0, 0.1) is 0 Å². The van der Waals surface area contributed by atoms with E-state index in [1.807, 2.05) is 31.2 Å². The standard InChI is InChI=1S/C12H18N2O2/c1-8(13)12(15)14-9(2)10-6-4-5-7-11(10)16-3/h4-9H,13H2,1-3H3,(H,14,15)/t8-,9?/m0/s1. The van der Waals surface area contributed by atoms with Crippen molar-refractivity contribution in [1.82, 2.24) is 5.32 Å². The van der Waals surface area contributed by atoms with Gasteiger partial charge in [-0.2, -0.15) is 0 Å². The first kappa shape index (κ1) is 12.5. The van der Waals surface area contributed by atoms with Crippen molar-refractivity contribution in [3.8, 4) is 5.75 Å². The zero-order valence-corrected chi connectivity index (χ0v) is 9.86. The number of ether oxygens (including phenoxy) is 1. The first-order chi connectivity index (χ1) is 7.56. The molecule has 0 fully saturated rings. The van der Waals surface area contributed by atoms with Crippen molar-refractivity contribution in [2.75, 3.05) is 7.11 Å². The number of carbonyl (C=O) groups excluding carboxylic acids is 1. The van der Waals surface area contributed by atoms with Crippen LogP contribution in [0.2, 0.25) is 0 Å². The van der Waals surface area contributed by atoms with Crippen molar-refractivity contribution in [1.29, 1.82) is 0 Å². The highest BCUT2D eigenvalue weighted by Crippen LogP contribution is 2.24. The van der Waals surface area contributed by atoms with Gasteiger partial charge in [-0.3, -0.25) is 4.79 Å². The fraction of sp³-hybridized carbons (Fsp3) is 0.417. The maximum atomic E-state index is 11.4. The lowest BCUT2D eigenvalue weighted by Crippen LogP contribution is -2.39. The molecule has 0 aliphatic rings. The van der Waals surface area contributed by atoms with Crippen LogP contribution in [-0.4, -0.2) is 19.1 Å². The molecule has 0 saturated heterocycles. The molecule has 3 N–H and O–H groups in total. The van der Waals surface area contributed by atoms with Crippen LogP contribution in [0.25, 0.3) is 0 Å². The number of hydrogen-bond donors (Lipinski definition) is 2. The van der Waals surface area contributed by atoms with Crippen LogP contribution in [0.3, 0.4) is 0 Å². The average Bonchev–Trinajstić information content (AvgIpc) is 2.28. The second kappa shape index (κ2) is 5.51. The molecular formula is C12H18N2O2. The van der Waals surface area contributed by atoms with Crippen molar-refractivity contribution < 1.29 is 9.53 Å². The molecule has 1 aromatic rings. The largest absolute Gasteiger partial charge is 0.496 e. The number of nitrogens with two attached hydrogens (primary N) is 1. The van der Waals surface area contributed by atoms with E-state index >= 15 is 0 Å². The Balaban J connectivity index is 2.80. The predicted molar refractivity (Wildman–Crippen MR) is 63.2 cm³/mol. The van der Waals surface area contributed by atoms with Crippen LogP contribution >= 0.6 is 0 Å². The highest BCUT2D eigenvalue weighted by atomic mass is 16.5. The third-order valence-electron chi connectivity index (χ3n) is 2.38. The van der Waals surface area contributed by atoms with E-state index in [0.29, 0.717) is 0 Å². The van der Waals surface area contributed by atoms with Crippen molar-refractivity contribution in [2.24, 2.45) is 5.73 Å². The monoisotopic (exact) mass is 222 g/mol. The number of benzene rings is 1. The number of methoxy groups -OCH3 is 1. The van der Waals surface area contributed by atoms with Gasteiger partial charge in [0.1, 0.15) is 5.75 Å². The van der Waals surface area contributed by atoms with Crippen LogP contribution in [0.1, 0.15) is 25.5 Å². The molecule has 1 amide bonds. The van der Waals surface area contributed by atoms with Gasteiger partial charge in [0, 0.05) is 5.56 Å². The Morgan fingerprint density at radius 3 is 2.56 bits per heavy atom. The minimum atomic E-state index is -0.503. The fourth-order valence-electron chi connectivity index (χ4n) is 1.45. The first-order valence-electron chi connectivity index (χ1n) is 5.25. The molecular weight excluding hydrogens is 204 g/mol. The van der Waals surface area contributed by atoms with Crippen LogP contribution in [0.4, 0.5) is 0 Å². The van der Waals surface area contributed by atoms with Gasteiger partial charge in [0.2, 0.25) is 5.91 Å². The normalized spacial score (nSPS) is 14.0. The number of hydrogen-bond acceptors (Lipinski definition) is 3. The van der Waals surface area contributed by atoms with E-state index in [1.54, 1.807) is 14.0 Å². The van der Waals surface area contributed by atoms with Gasteiger partial charge < -0.3 is 15.8 Å². The van der Waals surface area contributed by atoms with Crippen molar-refractivity contribution in [3.63, 3.8) is 0 Å².